The summed E-state index contributed by atoms with van der Waals surface area (Å²) in [6.45, 7) is 20.0. The Morgan fingerprint density at radius 2 is 0.667 bits per heavy atom. The second-order valence-electron chi connectivity index (χ2n) is 12.6. The van der Waals surface area contributed by atoms with E-state index < -0.39 is 28.4 Å². The molecular formula is C46H54O4P2Pd2. The Morgan fingerprint density at radius 3 is 0.870 bits per heavy atom. The van der Waals surface area contributed by atoms with Crippen LogP contribution in [0.4, 0.5) is 0 Å². The molecule has 54 heavy (non-hydrogen) atoms. The number of aliphatic hydroxyl groups excluding tert-OH is 2. The molecule has 0 aromatic heterocycles. The maximum Gasteiger partial charge on any atom is 0.148 e. The van der Waals surface area contributed by atoms with Gasteiger partial charge >= 0.3 is 0 Å². The van der Waals surface area contributed by atoms with E-state index in [2.05, 4.69) is 187 Å². The SMILES string of the molecule is C=C1C=CC=C[C-]1[PH+](c1ccccc1C)c1ccccc1C.C=C1C=CC=C[C-]1[PH+](c1ccccc1C)c1ccccc1C.CC(O)O.CC(O)O.[Pd].[Pd]. The molecule has 2 aliphatic rings. The number of aliphatic hydroxyl groups is 4. The Hall–Kier alpha value is -2.92. The van der Waals surface area contributed by atoms with E-state index in [9.17, 15) is 0 Å². The smallest absolute Gasteiger partial charge is 0.148 e. The molecule has 0 heterocycles. The van der Waals surface area contributed by atoms with Gasteiger partial charge in [-0.15, -0.1) is 59.8 Å². The standard InChI is InChI=1S/2C21H21P.2C2H6O2.2Pd/c2*1-16-10-4-7-13-19(16)22(20-14-8-5-11-17(20)2)21-15-9-6-12-18(21)3;2*1-2(3)4;;/h2*4-15,22H,1H2,2-3H3;2*2-4H,1H3;;. The zero-order valence-corrected chi connectivity index (χ0v) is 37.0. The van der Waals surface area contributed by atoms with Crippen molar-refractivity contribution in [3.05, 3.63) is 204 Å². The van der Waals surface area contributed by atoms with Crippen LogP contribution < -0.4 is 21.2 Å². The van der Waals surface area contributed by atoms with Gasteiger partial charge < -0.3 is 20.4 Å². The molecule has 0 fully saturated rings. The summed E-state index contributed by atoms with van der Waals surface area (Å²) in [4.78, 5) is 0. The molecule has 4 aromatic rings. The van der Waals surface area contributed by atoms with E-state index in [4.69, 9.17) is 20.4 Å². The van der Waals surface area contributed by atoms with Gasteiger partial charge in [-0.05, 0) is 88.1 Å². The summed E-state index contributed by atoms with van der Waals surface area (Å²) >= 11 is 0. The molecule has 6 rings (SSSR count). The molecule has 8 heteroatoms. The van der Waals surface area contributed by atoms with Crippen molar-refractivity contribution < 1.29 is 61.3 Å². The molecule has 0 saturated heterocycles. The van der Waals surface area contributed by atoms with Gasteiger partial charge in [0.25, 0.3) is 0 Å². The van der Waals surface area contributed by atoms with Crippen LogP contribution in [0.1, 0.15) is 36.1 Å². The van der Waals surface area contributed by atoms with Gasteiger partial charge in [0.2, 0.25) is 0 Å². The number of aryl methyl sites for hydroxylation is 4. The zero-order valence-electron chi connectivity index (χ0n) is 31.8. The van der Waals surface area contributed by atoms with Crippen LogP contribution in [-0.2, 0) is 40.8 Å². The fraction of sp³-hybridized carbons (Fsp3) is 0.174. The molecule has 0 spiro atoms. The molecule has 0 amide bonds. The van der Waals surface area contributed by atoms with E-state index in [-0.39, 0.29) is 40.8 Å². The Balaban J connectivity index is 0.000000437. The second-order valence-corrected chi connectivity index (χ2v) is 17.3. The largest absolute Gasteiger partial charge is 0.368 e. The molecule has 2 aliphatic carbocycles. The first-order valence-electron chi connectivity index (χ1n) is 17.4. The first-order chi connectivity index (χ1) is 24.8. The summed E-state index contributed by atoms with van der Waals surface area (Å²) in [5.74, 6) is 0. The van der Waals surface area contributed by atoms with Gasteiger partial charge in [-0.3, -0.25) is 0 Å². The van der Waals surface area contributed by atoms with Gasteiger partial charge in [0.15, 0.2) is 0 Å². The number of hydrogen-bond donors (Lipinski definition) is 4. The quantitative estimate of drug-likeness (QED) is 0.0685. The monoisotopic (exact) mass is 944 g/mol. The summed E-state index contributed by atoms with van der Waals surface area (Å²) in [6.07, 6.45) is 14.8. The maximum atomic E-state index is 7.61. The zero-order chi connectivity index (χ0) is 38.2. The number of rotatable bonds is 6. The van der Waals surface area contributed by atoms with E-state index in [0.29, 0.717) is 0 Å². The van der Waals surface area contributed by atoms with E-state index in [1.165, 1.54) is 68.6 Å². The Labute approximate surface area is 353 Å². The number of benzene rings is 4. The second kappa shape index (κ2) is 25.3. The van der Waals surface area contributed by atoms with Crippen molar-refractivity contribution >= 4 is 37.1 Å². The third kappa shape index (κ3) is 15.0. The average molecular weight is 946 g/mol. The molecule has 4 aromatic carbocycles. The predicted molar refractivity (Wildman–Crippen MR) is 229 cm³/mol. The van der Waals surface area contributed by atoms with Crippen molar-refractivity contribution in [1.29, 1.82) is 0 Å². The van der Waals surface area contributed by atoms with Crippen LogP contribution >= 0.6 is 15.8 Å². The molecule has 0 unspecified atom stereocenters. The average Bonchev–Trinajstić information content (AvgIpc) is 3.10. The summed E-state index contributed by atoms with van der Waals surface area (Å²) in [5.41, 5.74) is 10.5. The van der Waals surface area contributed by atoms with Crippen molar-refractivity contribution in [2.24, 2.45) is 0 Å². The Bertz CT molecular complexity index is 1660. The number of allylic oxidation sites excluding steroid dienone is 10. The van der Waals surface area contributed by atoms with Crippen molar-refractivity contribution in [3.63, 3.8) is 0 Å². The fourth-order valence-electron chi connectivity index (χ4n) is 5.81. The van der Waals surface area contributed by atoms with Crippen molar-refractivity contribution in [1.82, 2.24) is 0 Å². The number of hydrogen-bond acceptors (Lipinski definition) is 4. The molecule has 0 atom stereocenters. The van der Waals surface area contributed by atoms with E-state index >= 15 is 0 Å². The van der Waals surface area contributed by atoms with Crippen LogP contribution in [0.25, 0.3) is 0 Å². The van der Waals surface area contributed by atoms with Gasteiger partial charge in [-0.2, -0.15) is 13.2 Å². The van der Waals surface area contributed by atoms with Crippen molar-refractivity contribution in [2.45, 2.75) is 54.1 Å². The Kier molecular flexibility index (Phi) is 23.0. The van der Waals surface area contributed by atoms with Gasteiger partial charge in [-0.25, -0.2) is 0 Å². The summed E-state index contributed by atoms with van der Waals surface area (Å²) in [6, 6.07) is 35.0. The fourth-order valence-corrected chi connectivity index (χ4v) is 11.9. The molecular weight excluding hydrogens is 891 g/mol. The van der Waals surface area contributed by atoms with Crippen LogP contribution in [0.2, 0.25) is 0 Å². The minimum absolute atomic E-state index is 0. The van der Waals surface area contributed by atoms with Gasteiger partial charge in [-0.1, -0.05) is 72.8 Å². The van der Waals surface area contributed by atoms with E-state index in [0.717, 1.165) is 11.1 Å². The van der Waals surface area contributed by atoms with Crippen LogP contribution in [0, 0.1) is 39.0 Å². The third-order valence-electron chi connectivity index (χ3n) is 8.23. The molecule has 0 bridgehead atoms. The summed E-state index contributed by atoms with van der Waals surface area (Å²) < 4.78 is 0. The van der Waals surface area contributed by atoms with Crippen LogP contribution in [0.5, 0.6) is 0 Å². The molecule has 4 nitrogen and oxygen atoms in total. The molecule has 0 aliphatic heterocycles. The van der Waals surface area contributed by atoms with E-state index in [1.807, 2.05) is 0 Å². The normalized spacial score (nSPS) is 12.7. The maximum absolute atomic E-state index is 7.61. The Morgan fingerprint density at radius 1 is 0.444 bits per heavy atom. The topological polar surface area (TPSA) is 80.9 Å². The first kappa shape index (κ1) is 49.1. The van der Waals surface area contributed by atoms with Crippen LogP contribution in [0.15, 0.2) is 170 Å². The van der Waals surface area contributed by atoms with Crippen LogP contribution in [0.3, 0.4) is 0 Å². The molecule has 0 saturated carbocycles. The van der Waals surface area contributed by atoms with Gasteiger partial charge in [0, 0.05) is 52.2 Å². The minimum atomic E-state index is -1.17. The van der Waals surface area contributed by atoms with Crippen molar-refractivity contribution in [3.8, 4) is 0 Å². The third-order valence-corrected chi connectivity index (χ3v) is 14.7. The van der Waals surface area contributed by atoms with Gasteiger partial charge in [0.05, 0.1) is 37.1 Å². The molecule has 4 N–H and O–H groups in total. The van der Waals surface area contributed by atoms with Gasteiger partial charge in [0.1, 0.15) is 12.6 Å². The molecule has 0 radical (unpaired) electrons. The minimum Gasteiger partial charge on any atom is -0.368 e. The predicted octanol–water partition coefficient (Wildman–Crippen LogP) is 7.99. The summed E-state index contributed by atoms with van der Waals surface area (Å²) in [5, 5.41) is 36.3. The van der Waals surface area contributed by atoms with E-state index in [1.54, 1.807) is 0 Å². The summed E-state index contributed by atoms with van der Waals surface area (Å²) in [7, 11) is -2.06. The first-order valence-corrected chi connectivity index (χ1v) is 20.4. The van der Waals surface area contributed by atoms with Crippen molar-refractivity contribution in [2.75, 3.05) is 0 Å². The van der Waals surface area contributed by atoms with Crippen LogP contribution in [-0.4, -0.2) is 33.0 Å². The molecule has 292 valence electrons.